The number of thioether (sulfide) groups is 1. The van der Waals surface area contributed by atoms with E-state index in [1.807, 2.05) is 0 Å². The van der Waals surface area contributed by atoms with E-state index >= 15 is 0 Å². The average Bonchev–Trinajstić information content (AvgIpc) is 2.89. The van der Waals surface area contributed by atoms with E-state index in [2.05, 4.69) is 10.2 Å². The molecule has 8 heteroatoms. The smallest absolute Gasteiger partial charge is 0.316 e. The summed E-state index contributed by atoms with van der Waals surface area (Å²) < 4.78 is 6.35. The minimum Gasteiger partial charge on any atom is -0.480 e. The molecular formula is C9H10N4O3S. The van der Waals surface area contributed by atoms with E-state index < -0.39 is 11.2 Å². The Morgan fingerprint density at radius 2 is 2.41 bits per heavy atom. The first kappa shape index (κ1) is 11.5. The number of nitrogen functional groups attached to an aromatic ring is 1. The highest BCUT2D eigenvalue weighted by molar-refractivity contribution is 8.00. The van der Waals surface area contributed by atoms with Crippen LogP contribution in [0.2, 0.25) is 0 Å². The number of carbonyl (C=O) groups is 1. The first-order valence-electron chi connectivity index (χ1n) is 4.73. The van der Waals surface area contributed by atoms with Crippen LogP contribution >= 0.6 is 11.8 Å². The molecule has 7 nitrogen and oxygen atoms in total. The van der Waals surface area contributed by atoms with E-state index in [4.69, 9.17) is 15.4 Å². The molecule has 90 valence electrons. The monoisotopic (exact) mass is 254 g/mol. The molecule has 0 spiro atoms. The molecule has 2 heterocycles. The standard InChI is InChI=1S/C9H10N4O3S/c1-5(8(14)15)17-9-12-11-7(13(9)10)6-3-2-4-16-6/h2-5H,10H2,1H3,(H,14,15)/t5-/m1/s1. The summed E-state index contributed by atoms with van der Waals surface area (Å²) in [6.45, 7) is 1.55. The molecule has 0 radical (unpaired) electrons. The summed E-state index contributed by atoms with van der Waals surface area (Å²) >= 11 is 1.02. The van der Waals surface area contributed by atoms with Crippen molar-refractivity contribution in [2.75, 3.05) is 5.84 Å². The predicted octanol–water partition coefficient (Wildman–Crippen LogP) is 0.817. The van der Waals surface area contributed by atoms with Gasteiger partial charge in [0.1, 0.15) is 5.25 Å². The first-order valence-corrected chi connectivity index (χ1v) is 5.61. The fourth-order valence-electron chi connectivity index (χ4n) is 1.14. The van der Waals surface area contributed by atoms with Gasteiger partial charge in [-0.2, -0.15) is 0 Å². The van der Waals surface area contributed by atoms with Gasteiger partial charge in [-0.25, -0.2) is 4.68 Å². The molecule has 0 aromatic carbocycles. The fourth-order valence-corrected chi connectivity index (χ4v) is 1.84. The van der Waals surface area contributed by atoms with Crippen molar-refractivity contribution in [2.45, 2.75) is 17.3 Å². The third-order valence-corrected chi connectivity index (χ3v) is 3.08. The SMILES string of the molecule is C[C@@H](Sc1nnc(-c2ccco2)n1N)C(=O)O. The Morgan fingerprint density at radius 1 is 1.65 bits per heavy atom. The van der Waals surface area contributed by atoms with E-state index in [9.17, 15) is 4.79 Å². The van der Waals surface area contributed by atoms with Crippen molar-refractivity contribution in [3.63, 3.8) is 0 Å². The Kier molecular flexibility index (Phi) is 3.05. The average molecular weight is 254 g/mol. The maximum Gasteiger partial charge on any atom is 0.316 e. The van der Waals surface area contributed by atoms with Crippen LogP contribution in [0.1, 0.15) is 6.92 Å². The van der Waals surface area contributed by atoms with Crippen LogP contribution < -0.4 is 5.84 Å². The Balaban J connectivity index is 2.24. The van der Waals surface area contributed by atoms with Gasteiger partial charge in [-0.1, -0.05) is 11.8 Å². The molecule has 2 aromatic heterocycles. The lowest BCUT2D eigenvalue weighted by molar-refractivity contribution is -0.136. The van der Waals surface area contributed by atoms with Gasteiger partial charge in [-0.3, -0.25) is 4.79 Å². The van der Waals surface area contributed by atoms with Crippen molar-refractivity contribution >= 4 is 17.7 Å². The maximum absolute atomic E-state index is 10.7. The van der Waals surface area contributed by atoms with Gasteiger partial charge in [-0.15, -0.1) is 10.2 Å². The van der Waals surface area contributed by atoms with Gasteiger partial charge in [0.05, 0.1) is 6.26 Å². The molecule has 17 heavy (non-hydrogen) atoms. The summed E-state index contributed by atoms with van der Waals surface area (Å²) in [5, 5.41) is 16.1. The second-order valence-corrected chi connectivity index (χ2v) is 4.56. The predicted molar refractivity (Wildman–Crippen MR) is 60.8 cm³/mol. The van der Waals surface area contributed by atoms with E-state index in [1.54, 1.807) is 19.1 Å². The van der Waals surface area contributed by atoms with Crippen LogP contribution in [0, 0.1) is 0 Å². The minimum absolute atomic E-state index is 0.325. The molecule has 0 saturated carbocycles. The number of aromatic nitrogens is 3. The van der Waals surface area contributed by atoms with Crippen LogP contribution in [0.4, 0.5) is 0 Å². The van der Waals surface area contributed by atoms with Gasteiger partial charge in [0.2, 0.25) is 11.0 Å². The zero-order valence-corrected chi connectivity index (χ0v) is 9.72. The number of hydrogen-bond acceptors (Lipinski definition) is 6. The lowest BCUT2D eigenvalue weighted by atomic mass is 10.4. The van der Waals surface area contributed by atoms with Crippen LogP contribution in [0.25, 0.3) is 11.6 Å². The summed E-state index contributed by atoms with van der Waals surface area (Å²) in [4.78, 5) is 10.7. The number of nitrogens with two attached hydrogens (primary N) is 1. The third kappa shape index (κ3) is 2.26. The largest absolute Gasteiger partial charge is 0.480 e. The Hall–Kier alpha value is -1.96. The zero-order valence-electron chi connectivity index (χ0n) is 8.90. The van der Waals surface area contributed by atoms with Gasteiger partial charge in [0.25, 0.3) is 0 Å². The van der Waals surface area contributed by atoms with Crippen molar-refractivity contribution in [1.82, 2.24) is 14.9 Å². The summed E-state index contributed by atoms with van der Waals surface area (Å²) in [6, 6.07) is 3.40. The first-order chi connectivity index (χ1) is 8.09. The van der Waals surface area contributed by atoms with Crippen LogP contribution in [0.5, 0.6) is 0 Å². The number of hydrogen-bond donors (Lipinski definition) is 2. The van der Waals surface area contributed by atoms with E-state index in [-0.39, 0.29) is 0 Å². The molecule has 0 unspecified atom stereocenters. The molecular weight excluding hydrogens is 244 g/mol. The molecule has 0 aliphatic carbocycles. The molecule has 2 aromatic rings. The molecule has 1 atom stereocenters. The Bertz CT molecular complexity index is 522. The third-order valence-electron chi connectivity index (χ3n) is 2.04. The summed E-state index contributed by atoms with van der Waals surface area (Å²) in [6.07, 6.45) is 1.50. The van der Waals surface area contributed by atoms with Crippen molar-refractivity contribution in [3.05, 3.63) is 18.4 Å². The lowest BCUT2D eigenvalue weighted by Crippen LogP contribution is -2.16. The van der Waals surface area contributed by atoms with Crippen LogP contribution in [-0.2, 0) is 4.79 Å². The summed E-state index contributed by atoms with van der Waals surface area (Å²) in [5.41, 5.74) is 0. The number of aliphatic carboxylic acids is 1. The second-order valence-electron chi connectivity index (χ2n) is 3.25. The molecule has 0 fully saturated rings. The number of furan rings is 1. The van der Waals surface area contributed by atoms with E-state index in [0.29, 0.717) is 16.7 Å². The van der Waals surface area contributed by atoms with Crippen molar-refractivity contribution in [1.29, 1.82) is 0 Å². The normalized spacial score (nSPS) is 12.5. The van der Waals surface area contributed by atoms with Gasteiger partial charge in [0.15, 0.2) is 5.76 Å². The van der Waals surface area contributed by atoms with Crippen LogP contribution in [-0.4, -0.2) is 31.2 Å². The second kappa shape index (κ2) is 4.50. The van der Waals surface area contributed by atoms with Gasteiger partial charge in [0, 0.05) is 0 Å². The minimum atomic E-state index is -0.933. The molecule has 2 rings (SSSR count). The molecule has 0 bridgehead atoms. The number of carboxylic acid groups (broad SMARTS) is 1. The molecule has 0 amide bonds. The quantitative estimate of drug-likeness (QED) is 0.614. The fraction of sp³-hybridized carbons (Fsp3) is 0.222. The highest BCUT2D eigenvalue weighted by Gasteiger charge is 2.19. The summed E-state index contributed by atoms with van der Waals surface area (Å²) in [5.74, 6) is 5.67. The zero-order chi connectivity index (χ0) is 12.4. The molecule has 0 saturated heterocycles. The van der Waals surface area contributed by atoms with Gasteiger partial charge < -0.3 is 15.4 Å². The lowest BCUT2D eigenvalue weighted by Gasteiger charge is -2.04. The highest BCUT2D eigenvalue weighted by atomic mass is 32.2. The maximum atomic E-state index is 10.7. The van der Waals surface area contributed by atoms with Crippen molar-refractivity contribution in [2.24, 2.45) is 0 Å². The van der Waals surface area contributed by atoms with Crippen LogP contribution in [0.3, 0.4) is 0 Å². The Labute approximate surface area is 101 Å². The van der Waals surface area contributed by atoms with Gasteiger partial charge in [-0.05, 0) is 19.1 Å². The number of nitrogens with zero attached hydrogens (tertiary/aromatic N) is 3. The van der Waals surface area contributed by atoms with Crippen molar-refractivity contribution < 1.29 is 14.3 Å². The van der Waals surface area contributed by atoms with E-state index in [1.165, 1.54) is 10.9 Å². The van der Waals surface area contributed by atoms with Crippen molar-refractivity contribution in [3.8, 4) is 11.6 Å². The molecule has 0 aliphatic rings. The highest BCUT2D eigenvalue weighted by Crippen LogP contribution is 2.24. The molecule has 0 aliphatic heterocycles. The topological polar surface area (TPSA) is 107 Å². The van der Waals surface area contributed by atoms with E-state index in [0.717, 1.165) is 11.8 Å². The summed E-state index contributed by atoms with van der Waals surface area (Å²) in [7, 11) is 0. The molecule has 3 N–H and O–H groups in total. The number of rotatable bonds is 4. The van der Waals surface area contributed by atoms with Crippen LogP contribution in [0.15, 0.2) is 28.0 Å². The Morgan fingerprint density at radius 3 is 3.00 bits per heavy atom. The van der Waals surface area contributed by atoms with Gasteiger partial charge >= 0.3 is 5.97 Å². The number of carboxylic acids is 1.